The summed E-state index contributed by atoms with van der Waals surface area (Å²) in [7, 11) is 0. The molecule has 7 heteroatoms. The fraction of sp³-hybridized carbons (Fsp3) is 0.385. The summed E-state index contributed by atoms with van der Waals surface area (Å²) in [6.07, 6.45) is 0.513. The number of halogens is 3. The summed E-state index contributed by atoms with van der Waals surface area (Å²) in [4.78, 5) is 24.0. The number of benzene rings is 1. The highest BCUT2D eigenvalue weighted by Crippen LogP contribution is 2.21. The third-order valence-electron chi connectivity index (χ3n) is 3.37. The Morgan fingerprint density at radius 2 is 1.60 bits per heavy atom. The molecule has 0 unspecified atom stereocenters. The maximum atomic E-state index is 13.5. The first-order chi connectivity index (χ1) is 9.40. The van der Waals surface area contributed by atoms with E-state index in [9.17, 15) is 22.8 Å². The monoisotopic (exact) mass is 287 g/mol. The second-order valence-corrected chi connectivity index (χ2v) is 4.65. The lowest BCUT2D eigenvalue weighted by Gasteiger charge is -2.30. The van der Waals surface area contributed by atoms with Gasteiger partial charge in [-0.15, -0.1) is 0 Å². The minimum absolute atomic E-state index is 0.147. The van der Waals surface area contributed by atoms with Crippen molar-refractivity contribution in [1.82, 2.24) is 4.90 Å². The molecule has 4 nitrogen and oxygen atoms in total. The molecule has 1 aliphatic heterocycles. The van der Waals surface area contributed by atoms with Gasteiger partial charge in [0.25, 0.3) is 5.91 Å². The molecule has 0 saturated carbocycles. The van der Waals surface area contributed by atoms with E-state index in [-0.39, 0.29) is 25.9 Å². The van der Waals surface area contributed by atoms with Gasteiger partial charge in [0, 0.05) is 19.2 Å². The van der Waals surface area contributed by atoms with Crippen molar-refractivity contribution in [2.75, 3.05) is 13.1 Å². The lowest BCUT2D eigenvalue weighted by molar-refractivity contribution is -0.143. The normalized spacial score (nSPS) is 16.2. The molecule has 1 heterocycles. The summed E-state index contributed by atoms with van der Waals surface area (Å²) in [6, 6.07) is 0.850. The zero-order chi connectivity index (χ0) is 14.9. The fourth-order valence-corrected chi connectivity index (χ4v) is 2.19. The number of rotatable bonds is 2. The van der Waals surface area contributed by atoms with Crippen molar-refractivity contribution in [2.24, 2.45) is 5.92 Å². The van der Waals surface area contributed by atoms with Gasteiger partial charge in [0.15, 0.2) is 11.6 Å². The molecule has 0 radical (unpaired) electrons. The van der Waals surface area contributed by atoms with Crippen molar-refractivity contribution < 1.29 is 27.9 Å². The number of carbonyl (C=O) groups is 2. The van der Waals surface area contributed by atoms with Crippen LogP contribution in [0, 0.1) is 23.4 Å². The minimum Gasteiger partial charge on any atom is -0.481 e. The van der Waals surface area contributed by atoms with Crippen molar-refractivity contribution in [3.05, 3.63) is 35.1 Å². The van der Waals surface area contributed by atoms with Gasteiger partial charge in [-0.25, -0.2) is 13.2 Å². The third-order valence-corrected chi connectivity index (χ3v) is 3.37. The number of amides is 1. The SMILES string of the molecule is O=C(O)C1CCN(C(=O)c2cc(F)c(F)cc2F)CC1. The predicted octanol–water partition coefficient (Wildman–Crippen LogP) is 2.04. The summed E-state index contributed by atoms with van der Waals surface area (Å²) in [5.74, 6) is -6.01. The van der Waals surface area contributed by atoms with Gasteiger partial charge in [0.1, 0.15) is 5.82 Å². The van der Waals surface area contributed by atoms with E-state index >= 15 is 0 Å². The first kappa shape index (κ1) is 14.4. The molecule has 0 aliphatic carbocycles. The average molecular weight is 287 g/mol. The van der Waals surface area contributed by atoms with Gasteiger partial charge in [-0.3, -0.25) is 9.59 Å². The van der Waals surface area contributed by atoms with E-state index in [0.29, 0.717) is 12.1 Å². The topological polar surface area (TPSA) is 57.6 Å². The minimum atomic E-state index is -1.36. The lowest BCUT2D eigenvalue weighted by Crippen LogP contribution is -2.40. The maximum absolute atomic E-state index is 13.5. The van der Waals surface area contributed by atoms with E-state index < -0.39 is 40.8 Å². The molecule has 1 amide bonds. The van der Waals surface area contributed by atoms with Crippen molar-refractivity contribution in [3.63, 3.8) is 0 Å². The van der Waals surface area contributed by atoms with Crippen LogP contribution in [0.4, 0.5) is 13.2 Å². The van der Waals surface area contributed by atoms with E-state index in [4.69, 9.17) is 5.11 Å². The number of nitrogens with zero attached hydrogens (tertiary/aromatic N) is 1. The lowest BCUT2D eigenvalue weighted by atomic mass is 9.96. The standard InChI is InChI=1S/C13H12F3NO3/c14-9-6-11(16)10(15)5-8(9)12(18)17-3-1-7(2-4-17)13(19)20/h5-7H,1-4H2,(H,19,20). The molecule has 1 aromatic carbocycles. The van der Waals surface area contributed by atoms with Crippen LogP contribution in [0.3, 0.4) is 0 Å². The van der Waals surface area contributed by atoms with Gasteiger partial charge in [-0.2, -0.15) is 0 Å². The highest BCUT2D eigenvalue weighted by atomic mass is 19.2. The summed E-state index contributed by atoms with van der Waals surface area (Å²) in [5, 5.41) is 8.84. The molecule has 0 bridgehead atoms. The van der Waals surface area contributed by atoms with E-state index in [2.05, 4.69) is 0 Å². The van der Waals surface area contributed by atoms with Crippen LogP contribution in [-0.4, -0.2) is 35.0 Å². The Labute approximate surface area is 112 Å². The molecule has 1 fully saturated rings. The van der Waals surface area contributed by atoms with Crippen LogP contribution in [0.25, 0.3) is 0 Å². The molecule has 0 aromatic heterocycles. The van der Waals surface area contributed by atoms with Gasteiger partial charge in [-0.05, 0) is 18.9 Å². The van der Waals surface area contributed by atoms with Crippen LogP contribution in [0.15, 0.2) is 12.1 Å². The number of carbonyl (C=O) groups excluding carboxylic acids is 1. The zero-order valence-electron chi connectivity index (χ0n) is 10.4. The third kappa shape index (κ3) is 2.76. The number of hydrogen-bond acceptors (Lipinski definition) is 2. The molecule has 1 saturated heterocycles. The smallest absolute Gasteiger partial charge is 0.306 e. The molecule has 20 heavy (non-hydrogen) atoms. The van der Waals surface area contributed by atoms with Crippen LogP contribution >= 0.6 is 0 Å². The summed E-state index contributed by atoms with van der Waals surface area (Å²) in [5.41, 5.74) is -0.544. The maximum Gasteiger partial charge on any atom is 0.306 e. The van der Waals surface area contributed by atoms with E-state index in [1.54, 1.807) is 0 Å². The molecule has 1 N–H and O–H groups in total. The molecule has 0 atom stereocenters. The Bertz CT molecular complexity index is 554. The highest BCUT2D eigenvalue weighted by molar-refractivity contribution is 5.94. The van der Waals surface area contributed by atoms with Crippen LogP contribution in [0.5, 0.6) is 0 Å². The van der Waals surface area contributed by atoms with Gasteiger partial charge in [0.05, 0.1) is 11.5 Å². The predicted molar refractivity (Wildman–Crippen MR) is 62.6 cm³/mol. The number of likely N-dealkylation sites (tertiary alicyclic amines) is 1. The molecule has 1 aromatic rings. The van der Waals surface area contributed by atoms with Gasteiger partial charge in [-0.1, -0.05) is 0 Å². The van der Waals surface area contributed by atoms with Crippen LogP contribution in [0.1, 0.15) is 23.2 Å². The second-order valence-electron chi connectivity index (χ2n) is 4.65. The molecule has 1 aliphatic rings. The van der Waals surface area contributed by atoms with Crippen LogP contribution in [-0.2, 0) is 4.79 Å². The Balaban J connectivity index is 2.13. The summed E-state index contributed by atoms with van der Waals surface area (Å²) < 4.78 is 39.4. The zero-order valence-corrected chi connectivity index (χ0v) is 10.4. The largest absolute Gasteiger partial charge is 0.481 e. The fourth-order valence-electron chi connectivity index (χ4n) is 2.19. The van der Waals surface area contributed by atoms with Crippen molar-refractivity contribution in [3.8, 4) is 0 Å². The van der Waals surface area contributed by atoms with Crippen molar-refractivity contribution >= 4 is 11.9 Å². The second kappa shape index (κ2) is 5.52. The van der Waals surface area contributed by atoms with Gasteiger partial charge >= 0.3 is 5.97 Å². The van der Waals surface area contributed by atoms with Gasteiger partial charge in [0.2, 0.25) is 0 Å². The Hall–Kier alpha value is -2.05. The van der Waals surface area contributed by atoms with Crippen molar-refractivity contribution in [1.29, 1.82) is 0 Å². The number of piperidine rings is 1. The average Bonchev–Trinajstić information content (AvgIpc) is 2.42. The molecular weight excluding hydrogens is 275 g/mol. The highest BCUT2D eigenvalue weighted by Gasteiger charge is 2.29. The van der Waals surface area contributed by atoms with E-state index in [1.165, 1.54) is 4.90 Å². The summed E-state index contributed by atoms with van der Waals surface area (Å²) >= 11 is 0. The number of carboxylic acid groups (broad SMARTS) is 1. The van der Waals surface area contributed by atoms with Crippen LogP contribution in [0.2, 0.25) is 0 Å². The number of aliphatic carboxylic acids is 1. The van der Waals surface area contributed by atoms with Crippen molar-refractivity contribution in [2.45, 2.75) is 12.8 Å². The quantitative estimate of drug-likeness (QED) is 0.847. The first-order valence-electron chi connectivity index (χ1n) is 6.06. The number of hydrogen-bond donors (Lipinski definition) is 1. The van der Waals surface area contributed by atoms with E-state index in [0.717, 1.165) is 0 Å². The first-order valence-corrected chi connectivity index (χ1v) is 6.06. The number of carboxylic acids is 1. The summed E-state index contributed by atoms with van der Waals surface area (Å²) in [6.45, 7) is 0.294. The Morgan fingerprint density at radius 3 is 2.15 bits per heavy atom. The molecular formula is C13H12F3NO3. The molecule has 108 valence electrons. The van der Waals surface area contributed by atoms with Crippen LogP contribution < -0.4 is 0 Å². The Morgan fingerprint density at radius 1 is 1.05 bits per heavy atom. The Kier molecular flexibility index (Phi) is 3.96. The molecule has 2 rings (SSSR count). The van der Waals surface area contributed by atoms with Gasteiger partial charge < -0.3 is 10.0 Å². The van der Waals surface area contributed by atoms with E-state index in [1.807, 2.05) is 0 Å². The molecule has 0 spiro atoms.